The summed E-state index contributed by atoms with van der Waals surface area (Å²) >= 11 is 3.50. The molecular formula is C14H12BrNO2. The van der Waals surface area contributed by atoms with Crippen LogP contribution < -0.4 is 9.47 Å². The van der Waals surface area contributed by atoms with Gasteiger partial charge in [0, 0.05) is 22.4 Å². The maximum atomic E-state index is 5.60. The van der Waals surface area contributed by atoms with E-state index in [0.29, 0.717) is 13.2 Å². The fraction of sp³-hybridized carbons (Fsp3) is 0.214. The minimum atomic E-state index is 0.603. The number of rotatable bonds is 1. The van der Waals surface area contributed by atoms with E-state index < -0.39 is 0 Å². The average molecular weight is 306 g/mol. The van der Waals surface area contributed by atoms with Crippen molar-refractivity contribution < 1.29 is 9.47 Å². The van der Waals surface area contributed by atoms with Crippen molar-refractivity contribution in [2.75, 3.05) is 13.2 Å². The Bertz CT molecular complexity index is 598. The van der Waals surface area contributed by atoms with Crippen LogP contribution >= 0.6 is 15.9 Å². The van der Waals surface area contributed by atoms with Crippen LogP contribution in [-0.2, 0) is 0 Å². The Kier molecular flexibility index (Phi) is 2.96. The zero-order chi connectivity index (χ0) is 12.5. The lowest BCUT2D eigenvalue weighted by Gasteiger charge is -2.19. The molecule has 0 fully saturated rings. The maximum Gasteiger partial charge on any atom is 0.161 e. The van der Waals surface area contributed by atoms with Gasteiger partial charge in [-0.2, -0.15) is 0 Å². The number of halogens is 1. The van der Waals surface area contributed by atoms with Gasteiger partial charge in [-0.25, -0.2) is 0 Å². The lowest BCUT2D eigenvalue weighted by Crippen LogP contribution is -2.15. The highest BCUT2D eigenvalue weighted by atomic mass is 79.9. The third-order valence-corrected chi connectivity index (χ3v) is 3.81. The number of hydrogen-bond acceptors (Lipinski definition) is 3. The largest absolute Gasteiger partial charge is 0.486 e. The zero-order valence-corrected chi connectivity index (χ0v) is 11.5. The molecule has 4 heteroatoms. The molecule has 0 spiro atoms. The molecular weight excluding hydrogens is 294 g/mol. The van der Waals surface area contributed by atoms with Crippen molar-refractivity contribution in [2.24, 2.45) is 0 Å². The summed E-state index contributed by atoms with van der Waals surface area (Å²) in [5.74, 6) is 1.61. The monoisotopic (exact) mass is 305 g/mol. The molecule has 0 N–H and O–H groups in total. The molecule has 0 saturated carbocycles. The van der Waals surface area contributed by atoms with Gasteiger partial charge in [-0.05, 0) is 46.1 Å². The Balaban J connectivity index is 2.09. The van der Waals surface area contributed by atoms with Crippen LogP contribution in [0, 0.1) is 6.92 Å². The van der Waals surface area contributed by atoms with Crippen LogP contribution in [0.5, 0.6) is 11.5 Å². The molecule has 0 atom stereocenters. The minimum Gasteiger partial charge on any atom is -0.486 e. The van der Waals surface area contributed by atoms with E-state index in [-0.39, 0.29) is 0 Å². The Morgan fingerprint density at radius 2 is 1.89 bits per heavy atom. The highest BCUT2D eigenvalue weighted by Gasteiger charge is 2.13. The fourth-order valence-corrected chi connectivity index (χ4v) is 2.33. The Morgan fingerprint density at radius 1 is 1.11 bits per heavy atom. The number of hydrogen-bond donors (Lipinski definition) is 0. The average Bonchev–Trinajstić information content (AvgIpc) is 2.41. The van der Waals surface area contributed by atoms with Gasteiger partial charge in [0.2, 0.25) is 0 Å². The number of nitrogens with zero attached hydrogens (tertiary/aromatic N) is 1. The van der Waals surface area contributed by atoms with Crippen LogP contribution in [0.1, 0.15) is 5.56 Å². The van der Waals surface area contributed by atoms with Crippen LogP contribution in [0.25, 0.3) is 11.1 Å². The molecule has 0 aliphatic carbocycles. The molecule has 0 unspecified atom stereocenters. The van der Waals surface area contributed by atoms with Gasteiger partial charge in [-0.15, -0.1) is 0 Å². The number of benzene rings is 1. The highest BCUT2D eigenvalue weighted by molar-refractivity contribution is 9.10. The van der Waals surface area contributed by atoms with E-state index in [1.165, 1.54) is 5.56 Å². The standard InChI is InChI=1S/C14H12BrNO2/c1-9-11(7-16-8-12(9)15)10-2-3-13-14(6-10)18-5-4-17-13/h2-3,6-8H,4-5H2,1H3. The maximum absolute atomic E-state index is 5.60. The molecule has 0 amide bonds. The van der Waals surface area contributed by atoms with Gasteiger partial charge < -0.3 is 9.47 Å². The van der Waals surface area contributed by atoms with Crippen molar-refractivity contribution >= 4 is 15.9 Å². The zero-order valence-electron chi connectivity index (χ0n) is 9.94. The number of fused-ring (bicyclic) bond motifs is 1. The van der Waals surface area contributed by atoms with Crippen LogP contribution in [0.3, 0.4) is 0 Å². The van der Waals surface area contributed by atoms with Gasteiger partial charge >= 0.3 is 0 Å². The molecule has 1 aromatic heterocycles. The summed E-state index contributed by atoms with van der Waals surface area (Å²) in [6.07, 6.45) is 3.67. The van der Waals surface area contributed by atoms with Gasteiger partial charge in [-0.1, -0.05) is 6.07 Å². The van der Waals surface area contributed by atoms with Crippen molar-refractivity contribution in [3.8, 4) is 22.6 Å². The molecule has 0 saturated heterocycles. The molecule has 3 nitrogen and oxygen atoms in total. The first-order valence-corrected chi connectivity index (χ1v) is 6.55. The summed E-state index contributed by atoms with van der Waals surface area (Å²) in [5.41, 5.74) is 3.36. The summed E-state index contributed by atoms with van der Waals surface area (Å²) in [6, 6.07) is 5.99. The van der Waals surface area contributed by atoms with Crippen LogP contribution in [0.15, 0.2) is 35.1 Å². The Hall–Kier alpha value is -1.55. The molecule has 0 bridgehead atoms. The van der Waals surface area contributed by atoms with Crippen LogP contribution in [0.4, 0.5) is 0 Å². The molecule has 1 aromatic carbocycles. The SMILES string of the molecule is Cc1c(Br)cncc1-c1ccc2c(c1)OCCO2. The van der Waals surface area contributed by atoms with Gasteiger partial charge in [0.05, 0.1) is 0 Å². The molecule has 2 aromatic rings. The van der Waals surface area contributed by atoms with E-state index in [1.807, 2.05) is 24.4 Å². The fourth-order valence-electron chi connectivity index (χ4n) is 2.00. The van der Waals surface area contributed by atoms with E-state index in [0.717, 1.165) is 27.1 Å². The number of aromatic nitrogens is 1. The quantitative estimate of drug-likeness (QED) is 0.807. The molecule has 1 aliphatic rings. The molecule has 1 aliphatic heterocycles. The summed E-state index contributed by atoms with van der Waals surface area (Å²) in [5, 5.41) is 0. The van der Waals surface area contributed by atoms with E-state index >= 15 is 0 Å². The number of pyridine rings is 1. The minimum absolute atomic E-state index is 0.603. The number of ether oxygens (including phenoxy) is 2. The smallest absolute Gasteiger partial charge is 0.161 e. The summed E-state index contributed by atoms with van der Waals surface area (Å²) < 4.78 is 12.1. The third kappa shape index (κ3) is 1.97. The predicted molar refractivity (Wildman–Crippen MR) is 73.1 cm³/mol. The van der Waals surface area contributed by atoms with Crippen molar-refractivity contribution in [2.45, 2.75) is 6.92 Å². The highest BCUT2D eigenvalue weighted by Crippen LogP contribution is 2.36. The van der Waals surface area contributed by atoms with E-state index in [2.05, 4.69) is 27.8 Å². The molecule has 2 heterocycles. The van der Waals surface area contributed by atoms with Gasteiger partial charge in [0.25, 0.3) is 0 Å². The van der Waals surface area contributed by atoms with Crippen molar-refractivity contribution in [1.29, 1.82) is 0 Å². The van der Waals surface area contributed by atoms with Crippen molar-refractivity contribution in [3.05, 3.63) is 40.6 Å². The van der Waals surface area contributed by atoms with Gasteiger partial charge in [0.15, 0.2) is 11.5 Å². The van der Waals surface area contributed by atoms with Gasteiger partial charge in [-0.3, -0.25) is 4.98 Å². The van der Waals surface area contributed by atoms with Crippen molar-refractivity contribution in [3.63, 3.8) is 0 Å². The van der Waals surface area contributed by atoms with E-state index in [9.17, 15) is 0 Å². The molecule has 18 heavy (non-hydrogen) atoms. The van der Waals surface area contributed by atoms with Gasteiger partial charge in [0.1, 0.15) is 13.2 Å². The first-order chi connectivity index (χ1) is 8.75. The Morgan fingerprint density at radius 3 is 2.72 bits per heavy atom. The summed E-state index contributed by atoms with van der Waals surface area (Å²) in [7, 11) is 0. The molecule has 0 radical (unpaired) electrons. The Labute approximate surface area is 114 Å². The second-order valence-corrected chi connectivity index (χ2v) is 5.01. The lowest BCUT2D eigenvalue weighted by atomic mass is 10.0. The third-order valence-electron chi connectivity index (χ3n) is 3.01. The lowest BCUT2D eigenvalue weighted by molar-refractivity contribution is 0.171. The van der Waals surface area contributed by atoms with E-state index in [4.69, 9.17) is 9.47 Å². The predicted octanol–water partition coefficient (Wildman–Crippen LogP) is 3.59. The molecule has 3 rings (SSSR count). The second kappa shape index (κ2) is 4.61. The topological polar surface area (TPSA) is 31.4 Å². The van der Waals surface area contributed by atoms with Crippen molar-refractivity contribution in [1.82, 2.24) is 4.98 Å². The second-order valence-electron chi connectivity index (χ2n) is 4.15. The summed E-state index contributed by atoms with van der Waals surface area (Å²) in [6.45, 7) is 3.29. The first-order valence-electron chi connectivity index (χ1n) is 5.76. The first kappa shape index (κ1) is 11.5. The van der Waals surface area contributed by atoms with Crippen LogP contribution in [0.2, 0.25) is 0 Å². The normalized spacial score (nSPS) is 13.4. The van der Waals surface area contributed by atoms with E-state index in [1.54, 1.807) is 6.20 Å². The van der Waals surface area contributed by atoms with Crippen LogP contribution in [-0.4, -0.2) is 18.2 Å². The summed E-state index contributed by atoms with van der Waals surface area (Å²) in [4.78, 5) is 4.21. The molecule has 92 valence electrons.